The number of urea groups is 1. The highest BCUT2D eigenvalue weighted by molar-refractivity contribution is 5.93. The molecule has 0 bridgehead atoms. The fraction of sp³-hybridized carbons (Fsp3) is 0.633. The first-order chi connectivity index (χ1) is 18.1. The van der Waals surface area contributed by atoms with Gasteiger partial charge in [0.15, 0.2) is 0 Å². The van der Waals surface area contributed by atoms with Gasteiger partial charge in [-0.2, -0.15) is 0 Å². The van der Waals surface area contributed by atoms with E-state index in [2.05, 4.69) is 51.0 Å². The lowest BCUT2D eigenvalue weighted by Crippen LogP contribution is -2.75. The molecule has 202 valence electrons. The minimum absolute atomic E-state index is 0.139. The van der Waals surface area contributed by atoms with Crippen LogP contribution in [0.3, 0.4) is 0 Å². The molecule has 5 rings (SSSR count). The second kappa shape index (κ2) is 12.6. The van der Waals surface area contributed by atoms with Crippen LogP contribution in [0.4, 0.5) is 10.5 Å². The van der Waals surface area contributed by atoms with Crippen LogP contribution in [-0.4, -0.2) is 43.7 Å². The lowest BCUT2D eigenvalue weighted by atomic mass is 9.69. The van der Waals surface area contributed by atoms with Crippen molar-refractivity contribution in [3.05, 3.63) is 42.5 Å². The molecule has 4 atom stereocenters. The van der Waals surface area contributed by atoms with Crippen molar-refractivity contribution in [1.29, 1.82) is 0 Å². The zero-order valence-corrected chi connectivity index (χ0v) is 22.5. The SMILES string of the molecule is CC1NC(NC(=O)Nc2ccc3ccccc3c2)NC(NCCC2CCCN2)C12CCCCCCCC2. The summed E-state index contributed by atoms with van der Waals surface area (Å²) in [6.45, 7) is 4.46. The van der Waals surface area contributed by atoms with Gasteiger partial charge in [0.25, 0.3) is 0 Å². The summed E-state index contributed by atoms with van der Waals surface area (Å²) >= 11 is 0. The number of amides is 2. The first-order valence-corrected chi connectivity index (χ1v) is 14.7. The van der Waals surface area contributed by atoms with Crippen LogP contribution in [-0.2, 0) is 0 Å². The van der Waals surface area contributed by atoms with Crippen LogP contribution in [0, 0.1) is 5.41 Å². The number of fused-ring (bicyclic) bond motifs is 1. The molecule has 2 aromatic carbocycles. The van der Waals surface area contributed by atoms with Gasteiger partial charge < -0.3 is 21.3 Å². The minimum atomic E-state index is -0.296. The molecular weight excluding hydrogens is 460 g/mol. The second-order valence-electron chi connectivity index (χ2n) is 11.5. The van der Waals surface area contributed by atoms with Crippen molar-refractivity contribution >= 4 is 22.5 Å². The van der Waals surface area contributed by atoms with Gasteiger partial charge in [-0.1, -0.05) is 68.9 Å². The summed E-state index contributed by atoms with van der Waals surface area (Å²) in [6.07, 6.45) is 13.9. The summed E-state index contributed by atoms with van der Waals surface area (Å²) in [7, 11) is 0. The average Bonchev–Trinajstić information content (AvgIpc) is 3.44. The monoisotopic (exact) mass is 506 g/mol. The molecule has 2 saturated heterocycles. The number of carbonyl (C=O) groups excluding carboxylic acids is 1. The third-order valence-electron chi connectivity index (χ3n) is 9.01. The third kappa shape index (κ3) is 6.63. The average molecular weight is 507 g/mol. The van der Waals surface area contributed by atoms with E-state index >= 15 is 0 Å². The molecule has 3 fully saturated rings. The lowest BCUT2D eigenvalue weighted by Gasteiger charge is -2.53. The molecule has 1 aliphatic carbocycles. The Morgan fingerprint density at radius 2 is 1.70 bits per heavy atom. The second-order valence-corrected chi connectivity index (χ2v) is 11.5. The number of hydrogen-bond acceptors (Lipinski definition) is 5. The first-order valence-electron chi connectivity index (χ1n) is 14.7. The fourth-order valence-corrected chi connectivity index (χ4v) is 6.82. The Balaban J connectivity index is 1.25. The summed E-state index contributed by atoms with van der Waals surface area (Å²) in [4.78, 5) is 13.0. The minimum Gasteiger partial charge on any atom is -0.314 e. The smallest absolute Gasteiger partial charge is 0.314 e. The van der Waals surface area contributed by atoms with Crippen LogP contribution in [0.15, 0.2) is 42.5 Å². The predicted molar refractivity (Wildman–Crippen MR) is 152 cm³/mol. The molecule has 7 nitrogen and oxygen atoms in total. The van der Waals surface area contributed by atoms with Gasteiger partial charge in [0.1, 0.15) is 6.29 Å². The van der Waals surface area contributed by atoms with E-state index in [-0.39, 0.29) is 23.9 Å². The predicted octanol–water partition coefficient (Wildman–Crippen LogP) is 5.00. The normalized spacial score (nSPS) is 28.4. The van der Waals surface area contributed by atoms with Crippen molar-refractivity contribution in [2.75, 3.05) is 18.4 Å². The standard InChI is InChI=1S/C30H46N6O/c1-22-30(17-8-4-2-3-5-9-18-30)27(32-20-16-25-13-10-19-31-25)35-28(33-22)36-29(37)34-26-15-14-23-11-6-7-12-24(23)21-26/h6-7,11-12,14-15,21-22,25,27-28,31-33,35H,2-5,8-10,13,16-20H2,1H3,(H2,34,36,37). The van der Waals surface area contributed by atoms with E-state index < -0.39 is 0 Å². The van der Waals surface area contributed by atoms with Gasteiger partial charge in [0, 0.05) is 23.2 Å². The lowest BCUT2D eigenvalue weighted by molar-refractivity contribution is 0.0160. The Morgan fingerprint density at radius 3 is 2.46 bits per heavy atom. The number of nitrogens with one attached hydrogen (secondary N) is 6. The molecule has 2 amide bonds. The molecule has 7 heteroatoms. The fourth-order valence-electron chi connectivity index (χ4n) is 6.82. The van der Waals surface area contributed by atoms with Crippen LogP contribution < -0.4 is 31.9 Å². The van der Waals surface area contributed by atoms with Crippen molar-refractivity contribution < 1.29 is 4.79 Å². The largest absolute Gasteiger partial charge is 0.321 e. The van der Waals surface area contributed by atoms with Crippen molar-refractivity contribution in [1.82, 2.24) is 26.6 Å². The molecule has 0 aromatic heterocycles. The summed E-state index contributed by atoms with van der Waals surface area (Å²) < 4.78 is 0. The molecule has 3 aliphatic rings. The highest BCUT2D eigenvalue weighted by Gasteiger charge is 2.47. The molecule has 1 spiro atoms. The van der Waals surface area contributed by atoms with Crippen LogP contribution in [0.2, 0.25) is 0 Å². The van der Waals surface area contributed by atoms with Gasteiger partial charge >= 0.3 is 6.03 Å². The molecule has 4 unspecified atom stereocenters. The molecule has 0 radical (unpaired) electrons. The van der Waals surface area contributed by atoms with Gasteiger partial charge in [0.05, 0.1) is 6.17 Å². The molecule has 1 saturated carbocycles. The number of hydrogen-bond donors (Lipinski definition) is 6. The molecule has 2 aliphatic heterocycles. The Hall–Kier alpha value is -2.19. The molecule has 2 aromatic rings. The summed E-state index contributed by atoms with van der Waals surface area (Å²) in [5.74, 6) is 0. The highest BCUT2D eigenvalue weighted by Crippen LogP contribution is 2.41. The zero-order valence-electron chi connectivity index (χ0n) is 22.5. The van der Waals surface area contributed by atoms with Crippen LogP contribution >= 0.6 is 0 Å². The number of rotatable bonds is 6. The summed E-state index contributed by atoms with van der Waals surface area (Å²) in [5.41, 5.74) is 0.937. The van der Waals surface area contributed by atoms with E-state index in [4.69, 9.17) is 0 Å². The molecule has 2 heterocycles. The Labute approximate surface area is 222 Å². The van der Waals surface area contributed by atoms with Gasteiger partial charge in [-0.25, -0.2) is 4.79 Å². The van der Waals surface area contributed by atoms with Crippen LogP contribution in [0.1, 0.15) is 77.6 Å². The number of benzene rings is 2. The Morgan fingerprint density at radius 1 is 0.946 bits per heavy atom. The number of anilines is 1. The maximum Gasteiger partial charge on any atom is 0.321 e. The molecule has 6 N–H and O–H groups in total. The van der Waals surface area contributed by atoms with Crippen LogP contribution in [0.25, 0.3) is 10.8 Å². The van der Waals surface area contributed by atoms with E-state index in [1.54, 1.807) is 0 Å². The third-order valence-corrected chi connectivity index (χ3v) is 9.01. The zero-order chi connectivity index (χ0) is 25.5. The maximum absolute atomic E-state index is 13.0. The van der Waals surface area contributed by atoms with E-state index in [0.717, 1.165) is 30.6 Å². The van der Waals surface area contributed by atoms with Gasteiger partial charge in [-0.05, 0) is 75.0 Å². The van der Waals surface area contributed by atoms with Crippen molar-refractivity contribution in [2.45, 2.75) is 102 Å². The topological polar surface area (TPSA) is 89.2 Å². The summed E-state index contributed by atoms with van der Waals surface area (Å²) in [5, 5.41) is 23.5. The molecule has 37 heavy (non-hydrogen) atoms. The van der Waals surface area contributed by atoms with Crippen molar-refractivity contribution in [2.24, 2.45) is 5.41 Å². The maximum atomic E-state index is 13.0. The first kappa shape index (κ1) is 26.4. The van der Waals surface area contributed by atoms with E-state index in [1.165, 1.54) is 69.6 Å². The summed E-state index contributed by atoms with van der Waals surface area (Å²) in [6, 6.07) is 14.9. The van der Waals surface area contributed by atoms with Gasteiger partial charge in [-0.15, -0.1) is 0 Å². The Kier molecular flexibility index (Phi) is 8.98. The van der Waals surface area contributed by atoms with Gasteiger partial charge in [0.2, 0.25) is 0 Å². The number of carbonyl (C=O) groups is 1. The van der Waals surface area contributed by atoms with Gasteiger partial charge in [-0.3, -0.25) is 10.6 Å². The highest BCUT2D eigenvalue weighted by atomic mass is 16.2. The van der Waals surface area contributed by atoms with E-state index in [1.807, 2.05) is 30.3 Å². The molecular formula is C30H46N6O. The van der Waals surface area contributed by atoms with Crippen molar-refractivity contribution in [3.8, 4) is 0 Å². The quantitative estimate of drug-likeness (QED) is 0.332. The van der Waals surface area contributed by atoms with E-state index in [0.29, 0.717) is 12.1 Å². The van der Waals surface area contributed by atoms with Crippen LogP contribution in [0.5, 0.6) is 0 Å². The Bertz CT molecular complexity index is 1010. The van der Waals surface area contributed by atoms with E-state index in [9.17, 15) is 4.79 Å². The van der Waals surface area contributed by atoms with Crippen molar-refractivity contribution in [3.63, 3.8) is 0 Å².